The van der Waals surface area contributed by atoms with Crippen molar-refractivity contribution in [1.29, 1.82) is 0 Å². The van der Waals surface area contributed by atoms with Crippen LogP contribution in [-0.2, 0) is 6.54 Å². The molecule has 3 heteroatoms. The van der Waals surface area contributed by atoms with Gasteiger partial charge in [-0.3, -0.25) is 0 Å². The number of hydrogen-bond acceptors (Lipinski definition) is 3. The van der Waals surface area contributed by atoms with E-state index in [4.69, 9.17) is 10.5 Å². The summed E-state index contributed by atoms with van der Waals surface area (Å²) in [5.74, 6) is 0.946. The fraction of sp³-hybridized carbons (Fsp3) is 0.538. The van der Waals surface area contributed by atoms with Gasteiger partial charge in [0, 0.05) is 18.6 Å². The van der Waals surface area contributed by atoms with Gasteiger partial charge in [0.05, 0.1) is 7.11 Å². The number of nitrogens with one attached hydrogen (secondary N) is 1. The maximum Gasteiger partial charge on any atom is 0.121 e. The molecule has 1 aliphatic rings. The van der Waals surface area contributed by atoms with Crippen LogP contribution in [0.25, 0.3) is 0 Å². The molecule has 0 aliphatic heterocycles. The van der Waals surface area contributed by atoms with Crippen LogP contribution in [0, 0.1) is 6.92 Å². The Morgan fingerprint density at radius 2 is 2.19 bits per heavy atom. The summed E-state index contributed by atoms with van der Waals surface area (Å²) in [4.78, 5) is 0. The molecule has 0 spiro atoms. The van der Waals surface area contributed by atoms with E-state index in [1.807, 2.05) is 6.07 Å². The minimum absolute atomic E-state index is 0.0848. The van der Waals surface area contributed by atoms with Gasteiger partial charge in [0.25, 0.3) is 0 Å². The molecule has 1 saturated carbocycles. The third kappa shape index (κ3) is 2.74. The number of aryl methyl sites for hydroxylation is 1. The van der Waals surface area contributed by atoms with Crippen LogP contribution in [0.3, 0.4) is 0 Å². The summed E-state index contributed by atoms with van der Waals surface area (Å²) in [6, 6.07) is 6.26. The lowest BCUT2D eigenvalue weighted by molar-refractivity contribution is 0.411. The summed E-state index contributed by atoms with van der Waals surface area (Å²) < 4.78 is 5.23. The van der Waals surface area contributed by atoms with E-state index >= 15 is 0 Å². The average molecular weight is 220 g/mol. The first kappa shape index (κ1) is 11.4. The molecule has 0 heterocycles. The van der Waals surface area contributed by atoms with Gasteiger partial charge in [-0.25, -0.2) is 0 Å². The summed E-state index contributed by atoms with van der Waals surface area (Å²) in [5.41, 5.74) is 8.55. The van der Waals surface area contributed by atoms with Crippen LogP contribution < -0.4 is 15.8 Å². The van der Waals surface area contributed by atoms with Gasteiger partial charge >= 0.3 is 0 Å². The van der Waals surface area contributed by atoms with Crippen molar-refractivity contribution in [2.24, 2.45) is 5.73 Å². The number of nitrogens with two attached hydrogens (primary N) is 1. The lowest BCUT2D eigenvalue weighted by Crippen LogP contribution is -2.35. The number of ether oxygens (including phenoxy) is 1. The molecule has 16 heavy (non-hydrogen) atoms. The molecule has 2 rings (SSSR count). The largest absolute Gasteiger partial charge is 0.496 e. The minimum Gasteiger partial charge on any atom is -0.496 e. The Labute approximate surface area is 97.0 Å². The highest BCUT2D eigenvalue weighted by molar-refractivity contribution is 5.36. The third-order valence-electron chi connectivity index (χ3n) is 3.16. The predicted octanol–water partition coefficient (Wildman–Crippen LogP) is 1.58. The lowest BCUT2D eigenvalue weighted by Gasteiger charge is -2.11. The van der Waals surface area contributed by atoms with Crippen LogP contribution in [0.5, 0.6) is 5.75 Å². The molecule has 3 nitrogen and oxygen atoms in total. The zero-order chi connectivity index (χ0) is 11.6. The molecule has 3 N–H and O–H groups in total. The SMILES string of the molecule is COc1ccc(CNCC2(N)CC2)cc1C. The molecular formula is C13H20N2O. The molecule has 0 aromatic heterocycles. The molecule has 0 saturated heterocycles. The highest BCUT2D eigenvalue weighted by Crippen LogP contribution is 2.31. The summed E-state index contributed by atoms with van der Waals surface area (Å²) >= 11 is 0. The molecule has 1 aromatic carbocycles. The Kier molecular flexibility index (Phi) is 3.17. The highest BCUT2D eigenvalue weighted by Gasteiger charge is 2.37. The third-order valence-corrected chi connectivity index (χ3v) is 3.16. The van der Waals surface area contributed by atoms with Crippen molar-refractivity contribution in [2.75, 3.05) is 13.7 Å². The first-order valence-electron chi connectivity index (χ1n) is 5.76. The maximum atomic E-state index is 6.00. The van der Waals surface area contributed by atoms with E-state index in [0.29, 0.717) is 0 Å². The number of rotatable bonds is 5. The van der Waals surface area contributed by atoms with E-state index < -0.39 is 0 Å². The fourth-order valence-corrected chi connectivity index (χ4v) is 1.84. The monoisotopic (exact) mass is 220 g/mol. The predicted molar refractivity (Wildman–Crippen MR) is 65.6 cm³/mol. The Balaban J connectivity index is 1.87. The van der Waals surface area contributed by atoms with Crippen molar-refractivity contribution in [2.45, 2.75) is 31.8 Å². The number of benzene rings is 1. The van der Waals surface area contributed by atoms with E-state index in [1.54, 1.807) is 7.11 Å². The molecule has 0 radical (unpaired) electrons. The average Bonchev–Trinajstić information content (AvgIpc) is 2.97. The van der Waals surface area contributed by atoms with Crippen molar-refractivity contribution in [3.05, 3.63) is 29.3 Å². The standard InChI is InChI=1S/C13H20N2O/c1-10-7-11(3-4-12(10)16-2)8-15-9-13(14)5-6-13/h3-4,7,15H,5-6,8-9,14H2,1-2H3. The van der Waals surface area contributed by atoms with Crippen LogP contribution in [-0.4, -0.2) is 19.2 Å². The molecule has 1 aromatic rings. The highest BCUT2D eigenvalue weighted by atomic mass is 16.5. The van der Waals surface area contributed by atoms with Gasteiger partial charge in [-0.2, -0.15) is 0 Å². The smallest absolute Gasteiger partial charge is 0.121 e. The molecule has 1 fully saturated rings. The van der Waals surface area contributed by atoms with Gasteiger partial charge in [0.1, 0.15) is 5.75 Å². The van der Waals surface area contributed by atoms with E-state index in [0.717, 1.165) is 31.7 Å². The maximum absolute atomic E-state index is 6.00. The topological polar surface area (TPSA) is 47.3 Å². The lowest BCUT2D eigenvalue weighted by atomic mass is 10.1. The molecule has 0 atom stereocenters. The zero-order valence-corrected chi connectivity index (χ0v) is 10.0. The zero-order valence-electron chi connectivity index (χ0n) is 10.0. The van der Waals surface area contributed by atoms with Gasteiger partial charge in [-0.05, 0) is 37.0 Å². The van der Waals surface area contributed by atoms with Crippen LogP contribution in [0.15, 0.2) is 18.2 Å². The van der Waals surface area contributed by atoms with E-state index in [2.05, 4.69) is 24.4 Å². The van der Waals surface area contributed by atoms with Gasteiger partial charge in [-0.15, -0.1) is 0 Å². The molecule has 0 unspecified atom stereocenters. The second kappa shape index (κ2) is 4.44. The molecule has 88 valence electrons. The van der Waals surface area contributed by atoms with Gasteiger partial charge in [0.15, 0.2) is 0 Å². The van der Waals surface area contributed by atoms with E-state index in [1.165, 1.54) is 11.1 Å². The minimum atomic E-state index is 0.0848. The summed E-state index contributed by atoms with van der Waals surface area (Å²) in [5, 5.41) is 3.40. The second-order valence-electron chi connectivity index (χ2n) is 4.77. The number of hydrogen-bond donors (Lipinski definition) is 2. The summed E-state index contributed by atoms with van der Waals surface area (Å²) in [7, 11) is 1.70. The summed E-state index contributed by atoms with van der Waals surface area (Å²) in [6.45, 7) is 3.86. The van der Waals surface area contributed by atoms with E-state index in [-0.39, 0.29) is 5.54 Å². The van der Waals surface area contributed by atoms with Gasteiger partial charge in [0.2, 0.25) is 0 Å². The van der Waals surface area contributed by atoms with Crippen LogP contribution in [0.2, 0.25) is 0 Å². The summed E-state index contributed by atoms with van der Waals surface area (Å²) in [6.07, 6.45) is 2.31. The normalized spacial score (nSPS) is 17.2. The van der Waals surface area contributed by atoms with E-state index in [9.17, 15) is 0 Å². The molecule has 1 aliphatic carbocycles. The Bertz CT molecular complexity index is 372. The number of methoxy groups -OCH3 is 1. The quantitative estimate of drug-likeness (QED) is 0.792. The second-order valence-corrected chi connectivity index (χ2v) is 4.77. The van der Waals surface area contributed by atoms with Crippen molar-refractivity contribution < 1.29 is 4.74 Å². The fourth-order valence-electron chi connectivity index (χ4n) is 1.84. The molecule has 0 bridgehead atoms. The Hall–Kier alpha value is -1.06. The van der Waals surface area contributed by atoms with Crippen molar-refractivity contribution in [1.82, 2.24) is 5.32 Å². The first-order valence-corrected chi connectivity index (χ1v) is 5.76. The Morgan fingerprint density at radius 3 is 2.75 bits per heavy atom. The van der Waals surface area contributed by atoms with Crippen molar-refractivity contribution in [3.63, 3.8) is 0 Å². The van der Waals surface area contributed by atoms with Crippen molar-refractivity contribution in [3.8, 4) is 5.75 Å². The van der Waals surface area contributed by atoms with Crippen molar-refractivity contribution >= 4 is 0 Å². The van der Waals surface area contributed by atoms with Gasteiger partial charge in [-0.1, -0.05) is 12.1 Å². The van der Waals surface area contributed by atoms with Crippen LogP contribution in [0.1, 0.15) is 24.0 Å². The molecule has 0 amide bonds. The van der Waals surface area contributed by atoms with Crippen LogP contribution in [0.4, 0.5) is 0 Å². The first-order chi connectivity index (χ1) is 7.63. The Morgan fingerprint density at radius 1 is 1.44 bits per heavy atom. The molecular weight excluding hydrogens is 200 g/mol. The van der Waals surface area contributed by atoms with Gasteiger partial charge < -0.3 is 15.8 Å². The van der Waals surface area contributed by atoms with Crippen LogP contribution >= 0.6 is 0 Å².